The van der Waals surface area contributed by atoms with E-state index in [1.54, 1.807) is 0 Å². The normalized spacial score (nSPS) is 18.3. The molecule has 0 aromatic carbocycles. The first-order valence-corrected chi connectivity index (χ1v) is 6.62. The average molecular weight is 254 g/mol. The lowest BCUT2D eigenvalue weighted by atomic mass is 10.2. The van der Waals surface area contributed by atoms with Crippen LogP contribution in [0.2, 0.25) is 0 Å². The van der Waals surface area contributed by atoms with E-state index in [2.05, 4.69) is 11.5 Å². The molecule has 1 aliphatic heterocycles. The first kappa shape index (κ1) is 15.0. The standard InChI is InChI=1S/C14H26N2O2/c1-12(2)11-15-7-6-8-16(10-9-15)13(17)18-14(3,4)5/h1,6-11H2,2-5H3. The van der Waals surface area contributed by atoms with Crippen molar-refractivity contribution in [1.29, 1.82) is 0 Å². The van der Waals surface area contributed by atoms with Crippen molar-refractivity contribution in [2.45, 2.75) is 39.7 Å². The highest BCUT2D eigenvalue weighted by atomic mass is 16.6. The number of carbonyl (C=O) groups excluding carboxylic acids is 1. The van der Waals surface area contributed by atoms with Gasteiger partial charge in [0.15, 0.2) is 0 Å². The van der Waals surface area contributed by atoms with Gasteiger partial charge < -0.3 is 9.64 Å². The fraction of sp³-hybridized carbons (Fsp3) is 0.786. The van der Waals surface area contributed by atoms with Crippen molar-refractivity contribution in [2.75, 3.05) is 32.7 Å². The summed E-state index contributed by atoms with van der Waals surface area (Å²) in [6.45, 7) is 16.0. The van der Waals surface area contributed by atoms with Gasteiger partial charge in [-0.3, -0.25) is 4.90 Å². The van der Waals surface area contributed by atoms with E-state index < -0.39 is 5.60 Å². The van der Waals surface area contributed by atoms with E-state index in [1.165, 1.54) is 5.57 Å². The van der Waals surface area contributed by atoms with Crippen LogP contribution in [0.1, 0.15) is 34.1 Å². The summed E-state index contributed by atoms with van der Waals surface area (Å²) in [6, 6.07) is 0. The second-order valence-electron chi connectivity index (χ2n) is 6.05. The Bertz CT molecular complexity index is 307. The number of nitrogens with zero attached hydrogens (tertiary/aromatic N) is 2. The third kappa shape index (κ3) is 5.54. The van der Waals surface area contributed by atoms with Crippen LogP contribution in [0.5, 0.6) is 0 Å². The minimum Gasteiger partial charge on any atom is -0.444 e. The van der Waals surface area contributed by atoms with Gasteiger partial charge in [-0.05, 0) is 34.1 Å². The zero-order chi connectivity index (χ0) is 13.8. The van der Waals surface area contributed by atoms with Crippen LogP contribution in [0.4, 0.5) is 4.79 Å². The molecule has 1 amide bonds. The molecule has 0 atom stereocenters. The zero-order valence-electron chi connectivity index (χ0n) is 12.2. The van der Waals surface area contributed by atoms with Gasteiger partial charge in [-0.1, -0.05) is 12.2 Å². The lowest BCUT2D eigenvalue weighted by molar-refractivity contribution is 0.0258. The van der Waals surface area contributed by atoms with Crippen molar-refractivity contribution in [3.8, 4) is 0 Å². The fourth-order valence-electron chi connectivity index (χ4n) is 2.02. The first-order chi connectivity index (χ1) is 8.28. The molecule has 0 spiro atoms. The van der Waals surface area contributed by atoms with Crippen LogP contribution >= 0.6 is 0 Å². The Kier molecular flexibility index (Phi) is 5.20. The third-order valence-electron chi connectivity index (χ3n) is 2.73. The number of carbonyl (C=O) groups is 1. The minimum atomic E-state index is -0.416. The second kappa shape index (κ2) is 6.23. The summed E-state index contributed by atoms with van der Waals surface area (Å²) in [5.74, 6) is 0. The lowest BCUT2D eigenvalue weighted by Crippen LogP contribution is -2.39. The second-order valence-corrected chi connectivity index (χ2v) is 6.05. The van der Waals surface area contributed by atoms with Crippen LogP contribution in [0.3, 0.4) is 0 Å². The predicted octanol–water partition coefficient (Wildman–Crippen LogP) is 2.51. The van der Waals surface area contributed by atoms with Crippen LogP contribution in [0, 0.1) is 0 Å². The molecule has 4 heteroatoms. The Balaban J connectivity index is 2.46. The Labute approximate surface area is 111 Å². The van der Waals surface area contributed by atoms with E-state index in [0.717, 1.165) is 39.1 Å². The zero-order valence-corrected chi connectivity index (χ0v) is 12.2. The maximum atomic E-state index is 12.0. The molecule has 0 bridgehead atoms. The number of rotatable bonds is 2. The summed E-state index contributed by atoms with van der Waals surface area (Å²) >= 11 is 0. The highest BCUT2D eigenvalue weighted by Crippen LogP contribution is 2.12. The maximum Gasteiger partial charge on any atom is 0.410 e. The Hall–Kier alpha value is -1.03. The molecule has 1 saturated heterocycles. The van der Waals surface area contributed by atoms with E-state index >= 15 is 0 Å². The van der Waals surface area contributed by atoms with Crippen molar-refractivity contribution in [1.82, 2.24) is 9.80 Å². The van der Waals surface area contributed by atoms with Crippen molar-refractivity contribution in [3.05, 3.63) is 12.2 Å². The van der Waals surface area contributed by atoms with Crippen molar-refractivity contribution in [3.63, 3.8) is 0 Å². The van der Waals surface area contributed by atoms with Crippen molar-refractivity contribution >= 4 is 6.09 Å². The van der Waals surface area contributed by atoms with Crippen LogP contribution < -0.4 is 0 Å². The fourth-order valence-corrected chi connectivity index (χ4v) is 2.02. The summed E-state index contributed by atoms with van der Waals surface area (Å²) < 4.78 is 5.40. The van der Waals surface area contributed by atoms with Gasteiger partial charge in [-0.2, -0.15) is 0 Å². The van der Waals surface area contributed by atoms with Crippen LogP contribution in [0.15, 0.2) is 12.2 Å². The molecule has 0 aromatic heterocycles. The highest BCUT2D eigenvalue weighted by molar-refractivity contribution is 5.68. The summed E-state index contributed by atoms with van der Waals surface area (Å²) in [5.41, 5.74) is 0.751. The van der Waals surface area contributed by atoms with Crippen LogP contribution in [-0.4, -0.2) is 54.2 Å². The molecule has 1 aliphatic rings. The summed E-state index contributed by atoms with van der Waals surface area (Å²) in [5, 5.41) is 0. The van der Waals surface area contributed by atoms with Crippen molar-refractivity contribution < 1.29 is 9.53 Å². The third-order valence-corrected chi connectivity index (χ3v) is 2.73. The van der Waals surface area contributed by atoms with Crippen LogP contribution in [0.25, 0.3) is 0 Å². The molecule has 1 heterocycles. The molecule has 0 radical (unpaired) electrons. The molecule has 1 fully saturated rings. The Morgan fingerprint density at radius 3 is 2.44 bits per heavy atom. The Morgan fingerprint density at radius 2 is 1.89 bits per heavy atom. The lowest BCUT2D eigenvalue weighted by Gasteiger charge is -2.26. The van der Waals surface area contributed by atoms with E-state index in [-0.39, 0.29) is 6.09 Å². The first-order valence-electron chi connectivity index (χ1n) is 6.62. The summed E-state index contributed by atoms with van der Waals surface area (Å²) in [6.07, 6.45) is 0.798. The number of hydrogen-bond acceptors (Lipinski definition) is 3. The summed E-state index contributed by atoms with van der Waals surface area (Å²) in [7, 11) is 0. The van der Waals surface area contributed by atoms with Gasteiger partial charge in [0.2, 0.25) is 0 Å². The molecule has 0 aromatic rings. The topological polar surface area (TPSA) is 32.8 Å². The Morgan fingerprint density at radius 1 is 1.22 bits per heavy atom. The van der Waals surface area contributed by atoms with E-state index in [1.807, 2.05) is 32.6 Å². The van der Waals surface area contributed by atoms with Gasteiger partial charge in [0.05, 0.1) is 0 Å². The molecular weight excluding hydrogens is 228 g/mol. The summed E-state index contributed by atoms with van der Waals surface area (Å²) in [4.78, 5) is 16.1. The quantitative estimate of drug-likeness (QED) is 0.710. The molecule has 0 aliphatic carbocycles. The van der Waals surface area contributed by atoms with E-state index in [9.17, 15) is 4.79 Å². The van der Waals surface area contributed by atoms with E-state index in [4.69, 9.17) is 4.74 Å². The van der Waals surface area contributed by atoms with Gasteiger partial charge >= 0.3 is 6.09 Å². The molecule has 18 heavy (non-hydrogen) atoms. The average Bonchev–Trinajstić information content (AvgIpc) is 2.39. The molecule has 4 nitrogen and oxygen atoms in total. The number of hydrogen-bond donors (Lipinski definition) is 0. The molecule has 0 unspecified atom stereocenters. The molecular formula is C14H26N2O2. The van der Waals surface area contributed by atoms with Gasteiger partial charge in [-0.15, -0.1) is 0 Å². The van der Waals surface area contributed by atoms with Gasteiger partial charge in [-0.25, -0.2) is 4.79 Å². The smallest absolute Gasteiger partial charge is 0.410 e. The number of amides is 1. The van der Waals surface area contributed by atoms with Gasteiger partial charge in [0, 0.05) is 32.7 Å². The highest BCUT2D eigenvalue weighted by Gasteiger charge is 2.24. The van der Waals surface area contributed by atoms with Gasteiger partial charge in [0.1, 0.15) is 5.60 Å². The largest absolute Gasteiger partial charge is 0.444 e. The monoisotopic (exact) mass is 254 g/mol. The SMILES string of the molecule is C=C(C)CN1CCCN(C(=O)OC(C)(C)C)CC1. The molecule has 0 N–H and O–H groups in total. The molecule has 1 rings (SSSR count). The molecule has 0 saturated carbocycles. The van der Waals surface area contributed by atoms with Gasteiger partial charge in [0.25, 0.3) is 0 Å². The molecule has 104 valence electrons. The predicted molar refractivity (Wildman–Crippen MR) is 73.7 cm³/mol. The van der Waals surface area contributed by atoms with E-state index in [0.29, 0.717) is 0 Å². The van der Waals surface area contributed by atoms with Crippen LogP contribution in [-0.2, 0) is 4.74 Å². The van der Waals surface area contributed by atoms with Crippen molar-refractivity contribution in [2.24, 2.45) is 0 Å². The minimum absolute atomic E-state index is 0.195. The maximum absolute atomic E-state index is 12.0. The number of ether oxygens (including phenoxy) is 1.